The molecule has 12 heteroatoms. The van der Waals surface area contributed by atoms with Gasteiger partial charge in [-0.15, -0.1) is 0 Å². The molecule has 0 atom stereocenters. The molecule has 2 aliphatic heterocycles. The van der Waals surface area contributed by atoms with Crippen LogP contribution in [-0.2, 0) is 0 Å². The van der Waals surface area contributed by atoms with E-state index in [0.29, 0.717) is 28.7 Å². The Kier molecular flexibility index (Phi) is 11.1. The van der Waals surface area contributed by atoms with Crippen molar-refractivity contribution in [2.75, 3.05) is 9.80 Å². The standard InChI is InChI=1S/C64H40N10OS/c1-5-23-59-55(19-1)73(56-20-2-6-24-60(56)75-59)47-33-43(31-45(35-47)51-37-53(49-17-9-11-29-67-49)71-63(69-51)41-15-13-27-65-39-41)44-32-46(36-48(34-44)74-57-21-3-7-25-61(57)76-62-26-8-4-22-58(62)74)52-38-54(50-18-10-12-30-68-50)72-64(70-52)42-16-14-28-66-40-42/h1-40H. The van der Waals surface area contributed by atoms with Crippen LogP contribution < -0.4 is 14.5 Å². The van der Waals surface area contributed by atoms with Crippen molar-refractivity contribution in [1.82, 2.24) is 39.9 Å². The van der Waals surface area contributed by atoms with Crippen LogP contribution in [0, 0.1) is 0 Å². The van der Waals surface area contributed by atoms with E-state index in [0.717, 1.165) is 106 Å². The number of hydrogen-bond acceptors (Lipinski definition) is 12. The molecule has 11 nitrogen and oxygen atoms in total. The first-order chi connectivity index (χ1) is 37.6. The van der Waals surface area contributed by atoms with E-state index in [9.17, 15) is 0 Å². The highest BCUT2D eigenvalue weighted by Crippen LogP contribution is 2.54. The molecule has 6 aromatic carbocycles. The van der Waals surface area contributed by atoms with Crippen molar-refractivity contribution in [3.05, 3.63) is 243 Å². The van der Waals surface area contributed by atoms with E-state index in [2.05, 4.69) is 117 Å². The van der Waals surface area contributed by atoms with Crippen molar-refractivity contribution in [3.8, 4) is 90.7 Å². The van der Waals surface area contributed by atoms with Gasteiger partial charge < -0.3 is 14.5 Å². The fraction of sp³-hybridized carbons (Fsp3) is 0. The summed E-state index contributed by atoms with van der Waals surface area (Å²) in [5.41, 5.74) is 15.2. The van der Waals surface area contributed by atoms with E-state index in [1.54, 1.807) is 48.9 Å². The van der Waals surface area contributed by atoms with Gasteiger partial charge in [0.15, 0.2) is 23.1 Å². The average Bonchev–Trinajstić information content (AvgIpc) is 3.56. The van der Waals surface area contributed by atoms with Gasteiger partial charge >= 0.3 is 0 Å². The minimum absolute atomic E-state index is 0.529. The summed E-state index contributed by atoms with van der Waals surface area (Å²) in [5.74, 6) is 2.55. The summed E-state index contributed by atoms with van der Waals surface area (Å²) in [5, 5.41) is 0. The van der Waals surface area contributed by atoms with Gasteiger partial charge in [0.25, 0.3) is 0 Å². The summed E-state index contributed by atoms with van der Waals surface area (Å²) < 4.78 is 6.57. The fourth-order valence-corrected chi connectivity index (χ4v) is 10.9. The molecule has 0 spiro atoms. The lowest BCUT2D eigenvalue weighted by atomic mass is 9.95. The van der Waals surface area contributed by atoms with Crippen LogP contribution in [0.25, 0.3) is 79.2 Å². The highest BCUT2D eigenvalue weighted by Gasteiger charge is 2.29. The number of pyridine rings is 4. The predicted octanol–water partition coefficient (Wildman–Crippen LogP) is 16.0. The first-order valence-corrected chi connectivity index (χ1v) is 25.5. The molecule has 0 aliphatic carbocycles. The van der Waals surface area contributed by atoms with Gasteiger partial charge in [0, 0.05) is 80.6 Å². The minimum atomic E-state index is 0.529. The second-order valence-corrected chi connectivity index (χ2v) is 19.2. The number of aromatic nitrogens is 8. The zero-order valence-corrected chi connectivity index (χ0v) is 41.2. The molecular formula is C64H40N10OS. The molecular weight excluding hydrogens is 957 g/mol. The van der Waals surface area contributed by atoms with Crippen molar-refractivity contribution < 1.29 is 4.74 Å². The molecule has 0 N–H and O–H groups in total. The van der Waals surface area contributed by atoms with Crippen molar-refractivity contribution in [3.63, 3.8) is 0 Å². The number of nitrogens with zero attached hydrogens (tertiary/aromatic N) is 10. The number of ether oxygens (including phenoxy) is 1. The smallest absolute Gasteiger partial charge is 0.162 e. The third-order valence-corrected chi connectivity index (χ3v) is 14.4. The van der Waals surface area contributed by atoms with E-state index >= 15 is 0 Å². The molecule has 2 aliphatic rings. The van der Waals surface area contributed by atoms with Gasteiger partial charge in [-0.3, -0.25) is 19.9 Å². The van der Waals surface area contributed by atoms with Crippen LogP contribution in [0.1, 0.15) is 0 Å². The second-order valence-electron chi connectivity index (χ2n) is 18.1. The van der Waals surface area contributed by atoms with Crippen molar-refractivity contribution in [2.24, 2.45) is 0 Å². The second kappa shape index (κ2) is 19.0. The van der Waals surface area contributed by atoms with Gasteiger partial charge in [-0.25, -0.2) is 19.9 Å². The van der Waals surface area contributed by atoms with Gasteiger partial charge in [0.1, 0.15) is 0 Å². The number of hydrogen-bond donors (Lipinski definition) is 0. The van der Waals surface area contributed by atoms with Crippen LogP contribution in [0.3, 0.4) is 0 Å². The normalized spacial score (nSPS) is 12.2. The zero-order chi connectivity index (χ0) is 50.4. The molecule has 0 radical (unpaired) electrons. The predicted molar refractivity (Wildman–Crippen MR) is 300 cm³/mol. The Hall–Kier alpha value is -10.2. The molecule has 358 valence electrons. The first kappa shape index (κ1) is 44.5. The van der Waals surface area contributed by atoms with Crippen LogP contribution in [0.4, 0.5) is 34.1 Å². The van der Waals surface area contributed by atoms with Crippen LogP contribution in [-0.4, -0.2) is 39.9 Å². The fourth-order valence-electron chi connectivity index (χ4n) is 9.80. The Morgan fingerprint density at radius 1 is 0.316 bits per heavy atom. The quantitative estimate of drug-likeness (QED) is 0.137. The molecule has 0 saturated carbocycles. The Labute approximate surface area is 442 Å². The molecule has 0 saturated heterocycles. The molecule has 14 rings (SSSR count). The molecule has 0 amide bonds. The van der Waals surface area contributed by atoms with Gasteiger partial charge in [-0.1, -0.05) is 72.4 Å². The van der Waals surface area contributed by atoms with Crippen LogP contribution >= 0.6 is 11.8 Å². The lowest BCUT2D eigenvalue weighted by Gasteiger charge is -2.34. The first-order valence-electron chi connectivity index (χ1n) is 24.7. The van der Waals surface area contributed by atoms with Crippen LogP contribution in [0.5, 0.6) is 11.5 Å². The Morgan fingerprint density at radius 3 is 1.20 bits per heavy atom. The summed E-state index contributed by atoms with van der Waals surface area (Å²) in [4.78, 5) is 46.2. The van der Waals surface area contributed by atoms with E-state index < -0.39 is 0 Å². The van der Waals surface area contributed by atoms with Crippen LogP contribution in [0.15, 0.2) is 253 Å². The maximum atomic E-state index is 6.57. The Morgan fingerprint density at radius 2 is 0.737 bits per heavy atom. The van der Waals surface area contributed by atoms with Crippen LogP contribution in [0.2, 0.25) is 0 Å². The van der Waals surface area contributed by atoms with Crippen molar-refractivity contribution >= 4 is 45.9 Å². The van der Waals surface area contributed by atoms with Crippen molar-refractivity contribution in [2.45, 2.75) is 9.79 Å². The molecule has 0 bridgehead atoms. The lowest BCUT2D eigenvalue weighted by Crippen LogP contribution is -2.16. The Balaban J connectivity index is 1.05. The third-order valence-electron chi connectivity index (χ3n) is 13.3. The van der Waals surface area contributed by atoms with E-state index in [-0.39, 0.29) is 0 Å². The monoisotopic (exact) mass is 996 g/mol. The topological polar surface area (TPSA) is 119 Å². The summed E-state index contributed by atoms with van der Waals surface area (Å²) in [6, 6.07) is 70.4. The minimum Gasteiger partial charge on any atom is -0.453 e. The van der Waals surface area contributed by atoms with Crippen molar-refractivity contribution in [1.29, 1.82) is 0 Å². The highest BCUT2D eigenvalue weighted by atomic mass is 32.2. The summed E-state index contributed by atoms with van der Waals surface area (Å²) in [7, 11) is 0. The average molecular weight is 997 g/mol. The van der Waals surface area contributed by atoms with E-state index in [1.807, 2.05) is 109 Å². The lowest BCUT2D eigenvalue weighted by molar-refractivity contribution is 0.477. The molecule has 12 aromatic rings. The molecule has 76 heavy (non-hydrogen) atoms. The van der Waals surface area contributed by atoms with Gasteiger partial charge in [-0.05, 0) is 157 Å². The molecule has 6 aromatic heterocycles. The number of rotatable bonds is 9. The van der Waals surface area contributed by atoms with E-state index in [4.69, 9.17) is 34.6 Å². The Bertz CT molecular complexity index is 3670. The maximum absolute atomic E-state index is 6.57. The number of benzene rings is 6. The SMILES string of the molecule is c1ccc(-c2cc(-c3cc(-c4cc(-c5cc(-c6ccccn6)nc(-c6cccnc6)n5)cc(N5c6ccccc6Sc6ccccc65)c4)cc(N4c5ccccc5Oc5ccccc54)c3)nc(-c3cccnc3)n2)nc1. The van der Waals surface area contributed by atoms with Gasteiger partial charge in [0.05, 0.1) is 56.9 Å². The summed E-state index contributed by atoms with van der Waals surface area (Å²) in [6.07, 6.45) is 10.7. The highest BCUT2D eigenvalue weighted by molar-refractivity contribution is 7.99. The number of fused-ring (bicyclic) bond motifs is 4. The molecule has 8 heterocycles. The summed E-state index contributed by atoms with van der Waals surface area (Å²) >= 11 is 1.78. The van der Waals surface area contributed by atoms with Gasteiger partial charge in [0.2, 0.25) is 0 Å². The number of anilines is 6. The van der Waals surface area contributed by atoms with E-state index in [1.165, 1.54) is 0 Å². The molecule has 0 unspecified atom stereocenters. The zero-order valence-electron chi connectivity index (χ0n) is 40.4. The largest absolute Gasteiger partial charge is 0.453 e. The van der Waals surface area contributed by atoms with Gasteiger partial charge in [-0.2, -0.15) is 0 Å². The third kappa shape index (κ3) is 8.34. The summed E-state index contributed by atoms with van der Waals surface area (Å²) in [6.45, 7) is 0. The number of para-hydroxylation sites is 6. The maximum Gasteiger partial charge on any atom is 0.162 e. The molecule has 0 fully saturated rings.